The first-order valence-electron chi connectivity index (χ1n) is 13.4. The van der Waals surface area contributed by atoms with Gasteiger partial charge >= 0.3 is 5.97 Å². The molecule has 0 saturated carbocycles. The third-order valence-corrected chi connectivity index (χ3v) is 10.4. The zero-order valence-electron chi connectivity index (χ0n) is 22.1. The second kappa shape index (κ2) is 10.8. The number of fused-ring (bicyclic) bond motifs is 3. The van der Waals surface area contributed by atoms with Gasteiger partial charge in [-0.2, -0.15) is 0 Å². The lowest BCUT2D eigenvalue weighted by Crippen LogP contribution is -2.46. The molecule has 2 aliphatic heterocycles. The van der Waals surface area contributed by atoms with E-state index in [0.717, 1.165) is 42.8 Å². The Morgan fingerprint density at radius 1 is 1.10 bits per heavy atom. The van der Waals surface area contributed by atoms with Gasteiger partial charge in [-0.25, -0.2) is 17.5 Å². The van der Waals surface area contributed by atoms with Crippen LogP contribution >= 0.6 is 11.6 Å². The highest BCUT2D eigenvalue weighted by Crippen LogP contribution is 2.45. The largest absolute Gasteiger partial charge is 0.490 e. The van der Waals surface area contributed by atoms with Crippen LogP contribution in [0.5, 0.6) is 5.75 Å². The maximum atomic E-state index is 13.1. The molecule has 0 fully saturated rings. The lowest BCUT2D eigenvalue weighted by molar-refractivity contribution is -0.157. The average Bonchev–Trinajstić information content (AvgIpc) is 3.04. The molecular formula is C29H35ClN2O6S. The fourth-order valence-electron chi connectivity index (χ4n) is 6.07. The molecule has 1 spiro atoms. The Labute approximate surface area is 234 Å². The first-order chi connectivity index (χ1) is 18.5. The number of hydrogen-bond donors (Lipinski definition) is 2. The fourth-order valence-corrected chi connectivity index (χ4v) is 7.62. The van der Waals surface area contributed by atoms with Gasteiger partial charge < -0.3 is 19.8 Å². The molecule has 39 heavy (non-hydrogen) atoms. The quantitative estimate of drug-likeness (QED) is 0.494. The van der Waals surface area contributed by atoms with Crippen LogP contribution in [0.1, 0.15) is 48.8 Å². The van der Waals surface area contributed by atoms with E-state index in [2.05, 4.69) is 11.0 Å². The summed E-state index contributed by atoms with van der Waals surface area (Å²) in [7, 11) is -2.70. The highest BCUT2D eigenvalue weighted by atomic mass is 35.5. The first-order valence-corrected chi connectivity index (χ1v) is 15.4. The molecule has 2 N–H and O–H groups in total. The lowest BCUT2D eigenvalue weighted by atomic mass is 9.70. The van der Waals surface area contributed by atoms with Gasteiger partial charge in [-0.15, -0.1) is 0 Å². The molecule has 8 nitrogen and oxygen atoms in total. The van der Waals surface area contributed by atoms with Gasteiger partial charge in [0.05, 0.1) is 12.3 Å². The SMILES string of the molecule is CN1C/C=C/CCCCN2C[C@@]3(CCCc4cc(Cl)ccc43)COc3ccc(cc32)[C@@](O)(C(=O)O)CS1(=O)=O. The van der Waals surface area contributed by atoms with Gasteiger partial charge in [0.2, 0.25) is 15.6 Å². The summed E-state index contributed by atoms with van der Waals surface area (Å²) >= 11 is 6.33. The predicted molar refractivity (Wildman–Crippen MR) is 151 cm³/mol. The summed E-state index contributed by atoms with van der Waals surface area (Å²) in [6.45, 7) is 1.92. The number of anilines is 1. The summed E-state index contributed by atoms with van der Waals surface area (Å²) in [5.74, 6) is -2.00. The Bertz CT molecular complexity index is 1400. The summed E-state index contributed by atoms with van der Waals surface area (Å²) in [5, 5.41) is 22.2. The molecule has 2 aromatic carbocycles. The maximum absolute atomic E-state index is 13.1. The van der Waals surface area contributed by atoms with Gasteiger partial charge in [0.15, 0.2) is 0 Å². The smallest absolute Gasteiger partial charge is 0.341 e. The molecule has 0 unspecified atom stereocenters. The van der Waals surface area contributed by atoms with Gasteiger partial charge in [-0.3, -0.25) is 0 Å². The minimum Gasteiger partial charge on any atom is -0.490 e. The number of sulfonamides is 1. The number of aliphatic hydroxyl groups is 1. The maximum Gasteiger partial charge on any atom is 0.341 e. The number of likely N-dealkylation sites (N-methyl/N-ethyl adjacent to an activating group) is 1. The van der Waals surface area contributed by atoms with E-state index in [4.69, 9.17) is 16.3 Å². The normalized spacial score (nSPS) is 28.3. The van der Waals surface area contributed by atoms with Crippen LogP contribution in [0.2, 0.25) is 5.02 Å². The molecule has 0 saturated heterocycles. The zero-order chi connectivity index (χ0) is 27.8. The Morgan fingerprint density at radius 3 is 2.72 bits per heavy atom. The van der Waals surface area contributed by atoms with Gasteiger partial charge in [0, 0.05) is 37.1 Å². The van der Waals surface area contributed by atoms with Gasteiger partial charge in [0.1, 0.15) is 11.5 Å². The van der Waals surface area contributed by atoms with E-state index in [1.165, 1.54) is 24.2 Å². The van der Waals surface area contributed by atoms with E-state index in [1.807, 2.05) is 18.2 Å². The summed E-state index contributed by atoms with van der Waals surface area (Å²) in [6.07, 6.45) is 9.22. The number of carboxylic acids is 1. The number of nitrogens with zero attached hydrogens (tertiary/aromatic N) is 2. The molecule has 2 bridgehead atoms. The van der Waals surface area contributed by atoms with Crippen molar-refractivity contribution in [1.82, 2.24) is 4.31 Å². The number of hydrogen-bond acceptors (Lipinski definition) is 6. The van der Waals surface area contributed by atoms with Crippen LogP contribution in [0, 0.1) is 0 Å². The Morgan fingerprint density at radius 2 is 1.92 bits per heavy atom. The van der Waals surface area contributed by atoms with E-state index in [9.17, 15) is 23.4 Å². The van der Waals surface area contributed by atoms with Crippen molar-refractivity contribution in [3.05, 3.63) is 70.3 Å². The van der Waals surface area contributed by atoms with E-state index >= 15 is 0 Å². The number of benzene rings is 2. The molecule has 0 amide bonds. The topological polar surface area (TPSA) is 107 Å². The second-order valence-corrected chi connectivity index (χ2v) is 13.5. The number of aryl methyl sites for hydroxylation is 1. The Kier molecular flexibility index (Phi) is 7.72. The lowest BCUT2D eigenvalue weighted by Gasteiger charge is -2.41. The molecule has 10 heteroatoms. The van der Waals surface area contributed by atoms with Crippen molar-refractivity contribution in [3.63, 3.8) is 0 Å². The minimum atomic E-state index is -4.09. The van der Waals surface area contributed by atoms with Gasteiger partial charge in [-0.1, -0.05) is 35.9 Å². The van der Waals surface area contributed by atoms with Crippen molar-refractivity contribution in [2.24, 2.45) is 0 Å². The van der Waals surface area contributed by atoms with Crippen LogP contribution in [-0.4, -0.2) is 67.9 Å². The minimum absolute atomic E-state index is 0.0107. The molecule has 2 atom stereocenters. The van der Waals surface area contributed by atoms with Gasteiger partial charge in [-0.05, 0) is 79.5 Å². The molecule has 0 aromatic heterocycles. The van der Waals surface area contributed by atoms with Crippen molar-refractivity contribution in [1.29, 1.82) is 0 Å². The Balaban J connectivity index is 1.61. The summed E-state index contributed by atoms with van der Waals surface area (Å²) in [4.78, 5) is 14.6. The number of aliphatic carboxylic acids is 1. The number of carbonyl (C=O) groups is 1. The van der Waals surface area contributed by atoms with Crippen molar-refractivity contribution >= 4 is 33.3 Å². The van der Waals surface area contributed by atoms with E-state index < -0.39 is 27.3 Å². The monoisotopic (exact) mass is 574 g/mol. The highest BCUT2D eigenvalue weighted by molar-refractivity contribution is 7.89. The molecule has 3 aliphatic rings. The summed E-state index contributed by atoms with van der Waals surface area (Å²) < 4.78 is 33.6. The summed E-state index contributed by atoms with van der Waals surface area (Å²) in [6, 6.07) is 10.8. The third kappa shape index (κ3) is 5.42. The fraction of sp³-hybridized carbons (Fsp3) is 0.483. The van der Waals surface area contributed by atoms with E-state index in [-0.39, 0.29) is 17.5 Å². The van der Waals surface area contributed by atoms with E-state index in [0.29, 0.717) is 36.2 Å². The van der Waals surface area contributed by atoms with Crippen molar-refractivity contribution in [3.8, 4) is 5.75 Å². The van der Waals surface area contributed by atoms with Crippen molar-refractivity contribution < 1.29 is 28.2 Å². The van der Waals surface area contributed by atoms with Crippen molar-refractivity contribution in [2.45, 2.75) is 49.5 Å². The predicted octanol–water partition coefficient (Wildman–Crippen LogP) is 4.09. The molecule has 2 aromatic rings. The molecule has 1 aliphatic carbocycles. The highest BCUT2D eigenvalue weighted by Gasteiger charge is 2.46. The average molecular weight is 575 g/mol. The van der Waals surface area contributed by atoms with Crippen LogP contribution in [0.3, 0.4) is 0 Å². The number of rotatable bonds is 1. The zero-order valence-corrected chi connectivity index (χ0v) is 23.7. The van der Waals surface area contributed by atoms with E-state index in [1.54, 1.807) is 18.2 Å². The van der Waals surface area contributed by atoms with Crippen LogP contribution < -0.4 is 9.64 Å². The molecule has 5 rings (SSSR count). The molecule has 0 radical (unpaired) electrons. The Hall–Kier alpha value is -2.59. The molecule has 210 valence electrons. The van der Waals surface area contributed by atoms with Crippen molar-refractivity contribution in [2.75, 3.05) is 43.9 Å². The number of ether oxygens (including phenoxy) is 1. The van der Waals surface area contributed by atoms with Crippen LogP contribution in [0.15, 0.2) is 48.6 Å². The number of allylic oxidation sites excluding steroid dienone is 1. The number of halogens is 1. The first kappa shape index (κ1) is 28.0. The second-order valence-electron chi connectivity index (χ2n) is 11.0. The summed E-state index contributed by atoms with van der Waals surface area (Å²) in [5.41, 5.74) is 0.214. The third-order valence-electron chi connectivity index (χ3n) is 8.31. The van der Waals surface area contributed by atoms with Crippen LogP contribution in [0.4, 0.5) is 5.69 Å². The van der Waals surface area contributed by atoms with Gasteiger partial charge in [0.25, 0.3) is 0 Å². The molecule has 2 heterocycles. The van der Waals surface area contributed by atoms with Crippen LogP contribution in [-0.2, 0) is 32.3 Å². The standard InChI is InChI=1S/C29H35ClN2O6S/c1-31-14-5-3-2-4-6-15-32-18-28(13-7-8-21-16-23(30)10-11-24(21)28)19-38-26-12-9-22(17-25(26)32)29(35,27(33)34)20-39(31,36)37/h3,5,9-12,16-17,35H,2,4,6-8,13-15,18-20H2,1H3,(H,33,34)/b5-3+/t28-,29+/m0/s1. The van der Waals surface area contributed by atoms with Crippen LogP contribution in [0.25, 0.3) is 0 Å². The number of carboxylic acid groups (broad SMARTS) is 1. The molecular weight excluding hydrogens is 540 g/mol.